The molecular weight excluding hydrogens is 410 g/mol. The highest BCUT2D eigenvalue weighted by Gasteiger charge is 2.33. The van der Waals surface area contributed by atoms with Crippen LogP contribution in [0.5, 0.6) is 0 Å². The minimum absolute atomic E-state index is 0.356. The Kier molecular flexibility index (Phi) is 10.9. The molecule has 1 aliphatic rings. The lowest BCUT2D eigenvalue weighted by molar-refractivity contribution is -0.0961. The summed E-state index contributed by atoms with van der Waals surface area (Å²) in [6.07, 6.45) is 19.6. The molecule has 2 amide bonds. The molecule has 4 heteroatoms. The summed E-state index contributed by atoms with van der Waals surface area (Å²) in [6.45, 7) is 2.67. The summed E-state index contributed by atoms with van der Waals surface area (Å²) in [4.78, 5) is 31.2. The molecule has 0 aliphatic carbocycles. The van der Waals surface area contributed by atoms with E-state index in [1.54, 1.807) is 12.1 Å². The van der Waals surface area contributed by atoms with Crippen LogP contribution in [0.2, 0.25) is 0 Å². The first-order chi connectivity index (χ1) is 16.2. The Hall–Kier alpha value is -2.20. The second kappa shape index (κ2) is 14.1. The molecule has 180 valence electrons. The molecule has 4 nitrogen and oxygen atoms in total. The minimum Gasteiger partial charge on any atom is -0.266 e. The fourth-order valence-corrected chi connectivity index (χ4v) is 4.75. The molecule has 0 saturated carbocycles. The Morgan fingerprint density at radius 1 is 0.606 bits per heavy atom. The molecule has 0 atom stereocenters. The maximum Gasteiger partial charge on any atom is 0.285 e. The molecule has 33 heavy (non-hydrogen) atoms. The monoisotopic (exact) mass is 451 g/mol. The summed E-state index contributed by atoms with van der Waals surface area (Å²) in [7, 11) is 0. The van der Waals surface area contributed by atoms with Crippen LogP contribution in [0, 0.1) is 0 Å². The Labute approximate surface area is 199 Å². The second-order valence-electron chi connectivity index (χ2n) is 9.40. The molecule has 0 N–H and O–H groups in total. The lowest BCUT2D eigenvalue weighted by Gasteiger charge is -2.26. The summed E-state index contributed by atoms with van der Waals surface area (Å²) in [5.74, 6) is -0.712. The van der Waals surface area contributed by atoms with Gasteiger partial charge in [0.15, 0.2) is 0 Å². The first-order valence-corrected chi connectivity index (χ1v) is 13.3. The zero-order valence-corrected chi connectivity index (χ0v) is 20.4. The first-order valence-electron chi connectivity index (χ1n) is 13.3. The van der Waals surface area contributed by atoms with Crippen molar-refractivity contribution < 1.29 is 14.4 Å². The van der Waals surface area contributed by atoms with E-state index in [9.17, 15) is 9.59 Å². The second-order valence-corrected chi connectivity index (χ2v) is 9.40. The fraction of sp³-hybridized carbons (Fsp3) is 0.586. The number of rotatable bonds is 17. The van der Waals surface area contributed by atoms with Crippen molar-refractivity contribution in [3.05, 3.63) is 47.5 Å². The van der Waals surface area contributed by atoms with Crippen LogP contribution in [0.15, 0.2) is 36.4 Å². The number of carbonyl (C=O) groups excluding carboxylic acids is 2. The Bertz CT molecular complexity index is 841. The highest BCUT2D eigenvalue weighted by atomic mass is 16.7. The molecule has 1 heterocycles. The average molecular weight is 452 g/mol. The van der Waals surface area contributed by atoms with Gasteiger partial charge < -0.3 is 0 Å². The highest BCUT2D eigenvalue weighted by molar-refractivity contribution is 6.24. The minimum atomic E-state index is -0.356. The molecule has 0 fully saturated rings. The van der Waals surface area contributed by atoms with Gasteiger partial charge in [0.25, 0.3) is 11.8 Å². The van der Waals surface area contributed by atoms with E-state index >= 15 is 0 Å². The van der Waals surface area contributed by atoms with E-state index in [4.69, 9.17) is 4.84 Å². The van der Waals surface area contributed by atoms with E-state index in [0.29, 0.717) is 17.7 Å². The molecule has 0 unspecified atom stereocenters. The lowest BCUT2D eigenvalue weighted by atomic mass is 9.95. The van der Waals surface area contributed by atoms with Crippen molar-refractivity contribution in [2.45, 2.75) is 103 Å². The lowest BCUT2D eigenvalue weighted by Crippen LogP contribution is -2.40. The predicted octanol–water partition coefficient (Wildman–Crippen LogP) is 8.24. The van der Waals surface area contributed by atoms with Crippen molar-refractivity contribution in [2.24, 2.45) is 0 Å². The van der Waals surface area contributed by atoms with Crippen LogP contribution in [0.25, 0.3) is 10.8 Å². The predicted molar refractivity (Wildman–Crippen MR) is 135 cm³/mol. The summed E-state index contributed by atoms with van der Waals surface area (Å²) in [5, 5.41) is 2.61. The number of nitrogens with zero attached hydrogens (tertiary/aromatic N) is 1. The summed E-state index contributed by atoms with van der Waals surface area (Å²) >= 11 is 0. The van der Waals surface area contributed by atoms with Gasteiger partial charge in [-0.15, -0.1) is 5.06 Å². The standard InChI is InChI=1S/C29H41NO3/c1-2-3-4-5-6-7-8-9-10-11-12-13-14-15-16-23-33-30-28(31)25-21-17-19-24-20-18-22-26(27(24)25)29(30)32/h17-22H,2-16,23H2,1H3. The summed E-state index contributed by atoms with van der Waals surface area (Å²) in [5.41, 5.74) is 1.08. The van der Waals surface area contributed by atoms with Crippen molar-refractivity contribution >= 4 is 22.6 Å². The van der Waals surface area contributed by atoms with Gasteiger partial charge in [-0.05, 0) is 23.9 Å². The van der Waals surface area contributed by atoms with Crippen molar-refractivity contribution in [1.82, 2.24) is 5.06 Å². The maximum absolute atomic E-state index is 12.8. The molecule has 0 aromatic heterocycles. The molecule has 1 aliphatic heterocycles. The van der Waals surface area contributed by atoms with Gasteiger partial charge in [-0.3, -0.25) is 14.4 Å². The maximum atomic E-state index is 12.8. The zero-order chi connectivity index (χ0) is 23.3. The Morgan fingerprint density at radius 2 is 1.03 bits per heavy atom. The average Bonchev–Trinajstić information content (AvgIpc) is 2.84. The van der Waals surface area contributed by atoms with Crippen LogP contribution in [-0.2, 0) is 4.84 Å². The van der Waals surface area contributed by atoms with Crippen LogP contribution in [-0.4, -0.2) is 23.5 Å². The Balaban J connectivity index is 1.23. The number of hydrogen-bond acceptors (Lipinski definition) is 3. The van der Waals surface area contributed by atoms with Gasteiger partial charge in [0.2, 0.25) is 0 Å². The third-order valence-corrected chi connectivity index (χ3v) is 6.70. The first kappa shape index (κ1) is 25.4. The largest absolute Gasteiger partial charge is 0.285 e. The van der Waals surface area contributed by atoms with Crippen molar-refractivity contribution in [3.8, 4) is 0 Å². The number of hydroxylamine groups is 2. The van der Waals surface area contributed by atoms with Crippen LogP contribution in [0.1, 0.15) is 124 Å². The quantitative estimate of drug-likeness (QED) is 0.180. The summed E-state index contributed by atoms with van der Waals surface area (Å²) in [6, 6.07) is 11.1. The molecule has 0 saturated heterocycles. The van der Waals surface area contributed by atoms with Crippen LogP contribution in [0.3, 0.4) is 0 Å². The third-order valence-electron chi connectivity index (χ3n) is 6.70. The number of amides is 2. The van der Waals surface area contributed by atoms with Gasteiger partial charge >= 0.3 is 0 Å². The number of carbonyl (C=O) groups is 2. The van der Waals surface area contributed by atoms with E-state index in [2.05, 4.69) is 6.92 Å². The van der Waals surface area contributed by atoms with Crippen LogP contribution >= 0.6 is 0 Å². The highest BCUT2D eigenvalue weighted by Crippen LogP contribution is 2.30. The Morgan fingerprint density at radius 3 is 1.48 bits per heavy atom. The summed E-state index contributed by atoms with van der Waals surface area (Å²) < 4.78 is 0. The van der Waals surface area contributed by atoms with Crippen molar-refractivity contribution in [1.29, 1.82) is 0 Å². The molecule has 0 bridgehead atoms. The van der Waals surface area contributed by atoms with Crippen molar-refractivity contribution in [3.63, 3.8) is 0 Å². The molecule has 0 radical (unpaired) electrons. The molecule has 2 aromatic rings. The van der Waals surface area contributed by atoms with Crippen LogP contribution in [0.4, 0.5) is 0 Å². The molecular formula is C29H41NO3. The SMILES string of the molecule is CCCCCCCCCCCCCCCCCON1C(=O)c2cccc3cccc(c23)C1=O. The van der Waals surface area contributed by atoms with Gasteiger partial charge in [0, 0.05) is 5.39 Å². The smallest absolute Gasteiger partial charge is 0.266 e. The van der Waals surface area contributed by atoms with Gasteiger partial charge in [-0.1, -0.05) is 121 Å². The normalized spacial score (nSPS) is 13.3. The topological polar surface area (TPSA) is 46.6 Å². The molecule has 2 aromatic carbocycles. The van der Waals surface area contributed by atoms with E-state index in [1.165, 1.54) is 83.5 Å². The number of hydrogen-bond donors (Lipinski definition) is 0. The van der Waals surface area contributed by atoms with Gasteiger partial charge in [0.1, 0.15) is 0 Å². The molecule has 3 rings (SSSR count). The fourth-order valence-electron chi connectivity index (χ4n) is 4.75. The van der Waals surface area contributed by atoms with E-state index in [-0.39, 0.29) is 11.8 Å². The van der Waals surface area contributed by atoms with E-state index in [1.807, 2.05) is 24.3 Å². The third kappa shape index (κ3) is 7.40. The van der Waals surface area contributed by atoms with E-state index in [0.717, 1.165) is 28.7 Å². The number of imide groups is 1. The zero-order valence-electron chi connectivity index (χ0n) is 20.4. The number of benzene rings is 2. The van der Waals surface area contributed by atoms with E-state index < -0.39 is 0 Å². The number of unbranched alkanes of at least 4 members (excludes halogenated alkanes) is 14. The van der Waals surface area contributed by atoms with Crippen LogP contribution < -0.4 is 0 Å². The van der Waals surface area contributed by atoms with Crippen molar-refractivity contribution in [2.75, 3.05) is 6.61 Å². The molecule has 0 spiro atoms. The van der Waals surface area contributed by atoms with Gasteiger partial charge in [0.05, 0.1) is 17.7 Å². The van der Waals surface area contributed by atoms with Gasteiger partial charge in [-0.2, -0.15) is 0 Å². The van der Waals surface area contributed by atoms with Gasteiger partial charge in [-0.25, -0.2) is 0 Å².